The summed E-state index contributed by atoms with van der Waals surface area (Å²) in [4.78, 5) is 36.5. The second-order valence-corrected chi connectivity index (χ2v) is 6.57. The number of carbonyl (C=O) groups is 3. The second-order valence-electron chi connectivity index (χ2n) is 6.57. The zero-order valence-corrected chi connectivity index (χ0v) is 17.9. The molecule has 9 heteroatoms. The van der Waals surface area contributed by atoms with Gasteiger partial charge in [-0.25, -0.2) is 5.01 Å². The smallest absolute Gasteiger partial charge is 0.325 e. The van der Waals surface area contributed by atoms with Crippen molar-refractivity contribution >= 4 is 30.3 Å². The first-order valence-electron chi connectivity index (χ1n) is 9.55. The maximum atomic E-state index is 12.9. The molecule has 0 bridgehead atoms. The number of hydrogen-bond acceptors (Lipinski definition) is 5. The van der Waals surface area contributed by atoms with E-state index in [-0.39, 0.29) is 19.0 Å². The Hall–Kier alpha value is -2.84. The summed E-state index contributed by atoms with van der Waals surface area (Å²) in [6.45, 7) is 3.07. The normalized spacial score (nSPS) is 12.3. The van der Waals surface area contributed by atoms with Crippen LogP contribution in [0.15, 0.2) is 54.9 Å². The molecule has 0 fully saturated rings. The Morgan fingerprint density at radius 2 is 1.77 bits per heavy atom. The number of carboxylic acids is 1. The molecule has 8 nitrogen and oxygen atoms in total. The molecule has 2 rings (SSSR count). The van der Waals surface area contributed by atoms with Crippen LogP contribution in [0.1, 0.15) is 25.8 Å². The van der Waals surface area contributed by atoms with Crippen LogP contribution < -0.4 is 10.3 Å². The Balaban J connectivity index is 0.00000450. The molecule has 1 aromatic heterocycles. The van der Waals surface area contributed by atoms with Crippen LogP contribution in [0.5, 0.6) is 0 Å². The molecular weight excluding hydrogens is 410 g/mol. The van der Waals surface area contributed by atoms with Crippen molar-refractivity contribution in [3.63, 3.8) is 0 Å². The maximum absolute atomic E-state index is 12.9. The number of aryl methyl sites for hydroxylation is 1. The predicted octanol–water partition coefficient (Wildman–Crippen LogP) is 2.00. The van der Waals surface area contributed by atoms with Crippen LogP contribution in [0.2, 0.25) is 0 Å². The molecule has 0 aliphatic heterocycles. The number of halogens is 1. The summed E-state index contributed by atoms with van der Waals surface area (Å²) in [5.74, 6) is -2.03. The fraction of sp³-hybridized carbons (Fsp3) is 0.381. The van der Waals surface area contributed by atoms with E-state index in [1.54, 1.807) is 38.4 Å². The van der Waals surface area contributed by atoms with Gasteiger partial charge in [-0.05, 0) is 44.4 Å². The van der Waals surface area contributed by atoms with Crippen molar-refractivity contribution in [2.75, 3.05) is 18.2 Å². The number of nitrogens with zero attached hydrogens (tertiary/aromatic N) is 2. The van der Waals surface area contributed by atoms with Gasteiger partial charge in [-0.1, -0.05) is 30.3 Å². The highest BCUT2D eigenvalue weighted by atomic mass is 35.5. The van der Waals surface area contributed by atoms with Crippen LogP contribution in [0.25, 0.3) is 0 Å². The van der Waals surface area contributed by atoms with E-state index in [1.165, 1.54) is 4.68 Å². The summed E-state index contributed by atoms with van der Waals surface area (Å²) in [5, 5.41) is 13.3. The van der Waals surface area contributed by atoms with Crippen LogP contribution in [-0.2, 0) is 25.5 Å². The predicted molar refractivity (Wildman–Crippen MR) is 115 cm³/mol. The first-order valence-corrected chi connectivity index (χ1v) is 9.55. The molecule has 1 aromatic carbocycles. The molecule has 30 heavy (non-hydrogen) atoms. The largest absolute Gasteiger partial charge is 0.480 e. The summed E-state index contributed by atoms with van der Waals surface area (Å²) in [5.41, 5.74) is 1.07. The molecule has 0 spiro atoms. The van der Waals surface area contributed by atoms with E-state index >= 15 is 0 Å². The summed E-state index contributed by atoms with van der Waals surface area (Å²) in [6, 6.07) is 11.6. The molecule has 0 radical (unpaired) electrons. The van der Waals surface area contributed by atoms with Crippen molar-refractivity contribution in [1.29, 1.82) is 0 Å². The summed E-state index contributed by atoms with van der Waals surface area (Å²) >= 11 is 0. The van der Waals surface area contributed by atoms with E-state index in [4.69, 9.17) is 9.84 Å². The van der Waals surface area contributed by atoms with Gasteiger partial charge < -0.3 is 9.84 Å². The lowest BCUT2D eigenvalue weighted by atomic mass is 10.0. The van der Waals surface area contributed by atoms with Crippen molar-refractivity contribution < 1.29 is 24.2 Å². The van der Waals surface area contributed by atoms with Crippen LogP contribution in [0.4, 0.5) is 0 Å². The van der Waals surface area contributed by atoms with Gasteiger partial charge in [0.2, 0.25) is 0 Å². The molecule has 164 valence electrons. The molecule has 0 unspecified atom stereocenters. The Morgan fingerprint density at radius 3 is 2.33 bits per heavy atom. The number of carboxylic acid groups (broad SMARTS) is 1. The van der Waals surface area contributed by atoms with Crippen molar-refractivity contribution in [1.82, 2.24) is 9.99 Å². The van der Waals surface area contributed by atoms with Gasteiger partial charge in [0.15, 0.2) is 0 Å². The average molecular weight is 438 g/mol. The van der Waals surface area contributed by atoms with Gasteiger partial charge in [0.1, 0.15) is 12.6 Å². The van der Waals surface area contributed by atoms with Crippen LogP contribution in [0.3, 0.4) is 0 Å². The van der Waals surface area contributed by atoms with Crippen LogP contribution >= 0.6 is 12.4 Å². The summed E-state index contributed by atoms with van der Waals surface area (Å²) in [6.07, 6.45) is 4.26. The Morgan fingerprint density at radius 1 is 1.13 bits per heavy atom. The van der Waals surface area contributed by atoms with E-state index in [9.17, 15) is 14.4 Å². The fourth-order valence-electron chi connectivity index (χ4n) is 2.95. The van der Waals surface area contributed by atoms with E-state index in [0.717, 1.165) is 10.6 Å². The van der Waals surface area contributed by atoms with Gasteiger partial charge in [0, 0.05) is 12.4 Å². The number of aliphatic carboxylic acids is 1. The Kier molecular flexibility index (Phi) is 10.6. The number of hydrogen-bond donors (Lipinski definition) is 2. The zero-order chi connectivity index (χ0) is 21.2. The highest BCUT2D eigenvalue weighted by Crippen LogP contribution is 2.08. The first-order chi connectivity index (χ1) is 13.9. The standard InChI is InChI=1S/C21H27N3O5.ClH/c1-3-29-21(28)18(12-11-17-9-5-4-6-10-17)22-16(2)20(27)24(15-19(25)26)23-13-7-8-14-23;/h4-10,13-14,16,18,22H,3,11-12,15H2,1-2H3,(H,25,26);1H/t16-,18-;/m0./s1. The molecule has 2 N–H and O–H groups in total. The molecule has 0 aliphatic rings. The number of carbonyl (C=O) groups excluding carboxylic acids is 2. The Labute approximate surface area is 182 Å². The lowest BCUT2D eigenvalue weighted by Crippen LogP contribution is -2.55. The monoisotopic (exact) mass is 437 g/mol. The minimum atomic E-state index is -1.13. The third-order valence-electron chi connectivity index (χ3n) is 4.36. The van der Waals surface area contributed by atoms with Gasteiger partial charge in [0.25, 0.3) is 5.91 Å². The van der Waals surface area contributed by atoms with E-state index in [0.29, 0.717) is 12.8 Å². The van der Waals surface area contributed by atoms with Gasteiger partial charge in [0.05, 0.1) is 12.6 Å². The summed E-state index contributed by atoms with van der Waals surface area (Å²) in [7, 11) is 0. The van der Waals surface area contributed by atoms with E-state index < -0.39 is 36.5 Å². The van der Waals surface area contributed by atoms with E-state index in [2.05, 4.69) is 5.32 Å². The van der Waals surface area contributed by atoms with Crippen LogP contribution in [0, 0.1) is 0 Å². The van der Waals surface area contributed by atoms with Gasteiger partial charge in [-0.15, -0.1) is 12.4 Å². The molecule has 2 aromatic rings. The average Bonchev–Trinajstić information content (AvgIpc) is 3.24. The second kappa shape index (κ2) is 12.7. The molecule has 0 saturated carbocycles. The summed E-state index contributed by atoms with van der Waals surface area (Å²) < 4.78 is 6.56. The fourth-order valence-corrected chi connectivity index (χ4v) is 2.95. The maximum Gasteiger partial charge on any atom is 0.325 e. The number of benzene rings is 1. The number of nitrogens with one attached hydrogen (secondary N) is 1. The third-order valence-corrected chi connectivity index (χ3v) is 4.36. The molecule has 0 aliphatic carbocycles. The number of rotatable bonds is 11. The van der Waals surface area contributed by atoms with Gasteiger partial charge >= 0.3 is 11.9 Å². The number of ether oxygens (including phenoxy) is 1. The third kappa shape index (κ3) is 7.53. The quantitative estimate of drug-likeness (QED) is 0.521. The lowest BCUT2D eigenvalue weighted by molar-refractivity contribution is -0.146. The van der Waals surface area contributed by atoms with Crippen molar-refractivity contribution in [3.05, 3.63) is 60.4 Å². The Bertz CT molecular complexity index is 798. The highest BCUT2D eigenvalue weighted by Gasteiger charge is 2.28. The SMILES string of the molecule is CCOC(=O)[C@H](CCc1ccccc1)N[C@@H](C)C(=O)N(CC(=O)O)n1cccc1.Cl. The highest BCUT2D eigenvalue weighted by molar-refractivity contribution is 5.94. The van der Waals surface area contributed by atoms with Crippen molar-refractivity contribution in [2.24, 2.45) is 0 Å². The van der Waals surface area contributed by atoms with Crippen molar-refractivity contribution in [2.45, 2.75) is 38.8 Å². The van der Waals surface area contributed by atoms with Gasteiger partial charge in [-0.3, -0.25) is 24.4 Å². The van der Waals surface area contributed by atoms with Gasteiger partial charge in [-0.2, -0.15) is 0 Å². The van der Waals surface area contributed by atoms with Crippen molar-refractivity contribution in [3.8, 4) is 0 Å². The zero-order valence-electron chi connectivity index (χ0n) is 17.1. The molecule has 1 amide bonds. The first kappa shape index (κ1) is 25.2. The molecule has 1 heterocycles. The molecular formula is C21H28ClN3O5. The molecule has 2 atom stereocenters. The lowest BCUT2D eigenvalue weighted by Gasteiger charge is -2.28. The number of amides is 1. The number of aromatic nitrogens is 1. The minimum Gasteiger partial charge on any atom is -0.480 e. The topological polar surface area (TPSA) is 101 Å². The number of esters is 1. The van der Waals surface area contributed by atoms with Crippen LogP contribution in [-0.4, -0.2) is 52.9 Å². The molecule has 0 saturated heterocycles. The van der Waals surface area contributed by atoms with E-state index in [1.807, 2.05) is 30.3 Å². The minimum absolute atomic E-state index is 0.